The fourth-order valence-electron chi connectivity index (χ4n) is 3.07. The molecule has 21 heavy (non-hydrogen) atoms. The Hall–Kier alpha value is -0.660. The van der Waals surface area contributed by atoms with Crippen molar-refractivity contribution in [1.29, 1.82) is 0 Å². The van der Waals surface area contributed by atoms with Gasteiger partial charge in [-0.05, 0) is 39.8 Å². The Morgan fingerprint density at radius 1 is 1.29 bits per heavy atom. The average molecular weight is 318 g/mol. The molecular weight excluding hydrogens is 292 g/mol. The van der Waals surface area contributed by atoms with Gasteiger partial charge in [0.05, 0.1) is 30.3 Å². The first-order valence-electron chi connectivity index (χ1n) is 7.73. The van der Waals surface area contributed by atoms with E-state index in [4.69, 9.17) is 4.74 Å². The number of rotatable bonds is 6. The Bertz CT molecular complexity index is 458. The van der Waals surface area contributed by atoms with Crippen LogP contribution in [0.2, 0.25) is 0 Å². The summed E-state index contributed by atoms with van der Waals surface area (Å²) in [5, 5.41) is 2.90. The minimum Gasteiger partial charge on any atom is -0.378 e. The monoisotopic (exact) mass is 318 g/mol. The van der Waals surface area contributed by atoms with Gasteiger partial charge in [-0.1, -0.05) is 0 Å². The van der Waals surface area contributed by atoms with Crippen LogP contribution in [0.4, 0.5) is 0 Å². The number of carbonyl (C=O) groups is 1. The van der Waals surface area contributed by atoms with Crippen LogP contribution in [0.1, 0.15) is 33.1 Å². The van der Waals surface area contributed by atoms with E-state index in [1.165, 1.54) is 0 Å². The van der Waals surface area contributed by atoms with E-state index in [2.05, 4.69) is 10.2 Å². The van der Waals surface area contributed by atoms with Crippen molar-refractivity contribution in [1.82, 2.24) is 10.2 Å². The second-order valence-electron chi connectivity index (χ2n) is 6.23. The lowest BCUT2D eigenvalue weighted by Gasteiger charge is -2.28. The summed E-state index contributed by atoms with van der Waals surface area (Å²) in [5.74, 6) is 0.104. The SMILES string of the molecule is CC(C)OCCC(=O)N[C@@H]1CS(=O)(=O)C[C@H]1N1CCCC1. The first kappa shape index (κ1) is 16.7. The van der Waals surface area contributed by atoms with Crippen LogP contribution in [0.15, 0.2) is 0 Å². The zero-order valence-electron chi connectivity index (χ0n) is 12.9. The summed E-state index contributed by atoms with van der Waals surface area (Å²) in [7, 11) is -3.05. The first-order chi connectivity index (χ1) is 9.87. The van der Waals surface area contributed by atoms with Crippen LogP contribution in [0.3, 0.4) is 0 Å². The van der Waals surface area contributed by atoms with Crippen molar-refractivity contribution in [3.05, 3.63) is 0 Å². The second kappa shape index (κ2) is 7.07. The van der Waals surface area contributed by atoms with E-state index in [9.17, 15) is 13.2 Å². The third-order valence-electron chi connectivity index (χ3n) is 4.06. The highest BCUT2D eigenvalue weighted by Gasteiger charge is 2.42. The predicted octanol–water partition coefficient (Wildman–Crippen LogP) is 0.179. The molecule has 0 aromatic carbocycles. The second-order valence-corrected chi connectivity index (χ2v) is 8.38. The van der Waals surface area contributed by atoms with Crippen LogP contribution in [0.25, 0.3) is 0 Å². The van der Waals surface area contributed by atoms with E-state index < -0.39 is 9.84 Å². The summed E-state index contributed by atoms with van der Waals surface area (Å²) in [4.78, 5) is 14.2. The molecule has 2 rings (SSSR count). The molecule has 0 spiro atoms. The van der Waals surface area contributed by atoms with Gasteiger partial charge in [-0.25, -0.2) is 8.42 Å². The van der Waals surface area contributed by atoms with Crippen molar-refractivity contribution in [3.63, 3.8) is 0 Å². The molecule has 1 amide bonds. The number of ether oxygens (including phenoxy) is 1. The van der Waals surface area contributed by atoms with Gasteiger partial charge in [0.1, 0.15) is 0 Å². The van der Waals surface area contributed by atoms with Crippen molar-refractivity contribution >= 4 is 15.7 Å². The maximum Gasteiger partial charge on any atom is 0.222 e. The highest BCUT2D eigenvalue weighted by molar-refractivity contribution is 7.91. The van der Waals surface area contributed by atoms with Crippen LogP contribution in [-0.4, -0.2) is 68.6 Å². The summed E-state index contributed by atoms with van der Waals surface area (Å²) >= 11 is 0. The topological polar surface area (TPSA) is 75.7 Å². The third-order valence-corrected chi connectivity index (χ3v) is 5.78. The van der Waals surface area contributed by atoms with Crippen LogP contribution in [-0.2, 0) is 19.4 Å². The fraction of sp³-hybridized carbons (Fsp3) is 0.929. The average Bonchev–Trinajstić information content (AvgIpc) is 2.96. The van der Waals surface area contributed by atoms with E-state index in [1.54, 1.807) is 0 Å². The standard InChI is InChI=1S/C14H26N2O4S/c1-11(2)20-8-5-14(17)15-12-9-21(18,19)10-13(12)16-6-3-4-7-16/h11-13H,3-10H2,1-2H3,(H,15,17)/t12-,13-/m1/s1. The van der Waals surface area contributed by atoms with E-state index in [-0.39, 0.29) is 42.0 Å². The van der Waals surface area contributed by atoms with E-state index in [0.29, 0.717) is 6.61 Å². The molecule has 2 fully saturated rings. The Balaban J connectivity index is 1.88. The normalized spacial score (nSPS) is 29.1. The van der Waals surface area contributed by atoms with Gasteiger partial charge in [-0.3, -0.25) is 9.69 Å². The van der Waals surface area contributed by atoms with Gasteiger partial charge in [0.25, 0.3) is 0 Å². The van der Waals surface area contributed by atoms with E-state index in [1.807, 2.05) is 13.8 Å². The van der Waals surface area contributed by atoms with Crippen molar-refractivity contribution in [2.45, 2.75) is 51.3 Å². The minimum atomic E-state index is -3.05. The Kier molecular flexibility index (Phi) is 5.62. The summed E-state index contributed by atoms with van der Waals surface area (Å²) < 4.78 is 29.1. The number of likely N-dealkylation sites (tertiary alicyclic amines) is 1. The van der Waals surface area contributed by atoms with Crippen molar-refractivity contribution in [2.24, 2.45) is 0 Å². The van der Waals surface area contributed by atoms with Crippen molar-refractivity contribution in [2.75, 3.05) is 31.2 Å². The number of sulfone groups is 1. The largest absolute Gasteiger partial charge is 0.378 e. The molecule has 2 aliphatic rings. The summed E-state index contributed by atoms with van der Waals surface area (Å²) in [5.41, 5.74) is 0. The highest BCUT2D eigenvalue weighted by Crippen LogP contribution is 2.22. The number of nitrogens with one attached hydrogen (secondary N) is 1. The molecule has 0 aliphatic carbocycles. The molecule has 7 heteroatoms. The minimum absolute atomic E-state index is 0.0605. The van der Waals surface area contributed by atoms with Gasteiger partial charge >= 0.3 is 0 Å². The van der Waals surface area contributed by atoms with Crippen molar-refractivity contribution < 1.29 is 17.9 Å². The lowest BCUT2D eigenvalue weighted by molar-refractivity contribution is -0.123. The third kappa shape index (κ3) is 4.93. The van der Waals surface area contributed by atoms with Gasteiger partial charge in [-0.2, -0.15) is 0 Å². The summed E-state index contributed by atoms with van der Waals surface area (Å²) in [6.07, 6.45) is 2.60. The molecule has 122 valence electrons. The molecule has 0 saturated carbocycles. The molecule has 2 atom stereocenters. The zero-order chi connectivity index (χ0) is 15.5. The van der Waals surface area contributed by atoms with Gasteiger partial charge in [0, 0.05) is 12.5 Å². The quantitative estimate of drug-likeness (QED) is 0.756. The number of hydrogen-bond donors (Lipinski definition) is 1. The number of amides is 1. The molecule has 2 saturated heterocycles. The van der Waals surface area contributed by atoms with E-state index >= 15 is 0 Å². The molecule has 2 aliphatic heterocycles. The maximum atomic E-state index is 11.9. The number of hydrogen-bond acceptors (Lipinski definition) is 5. The smallest absolute Gasteiger partial charge is 0.222 e. The molecule has 0 aromatic heterocycles. The van der Waals surface area contributed by atoms with E-state index in [0.717, 1.165) is 25.9 Å². The molecular formula is C14H26N2O4S. The predicted molar refractivity (Wildman–Crippen MR) is 80.9 cm³/mol. The zero-order valence-corrected chi connectivity index (χ0v) is 13.7. The van der Waals surface area contributed by atoms with Gasteiger partial charge in [0.2, 0.25) is 5.91 Å². The molecule has 6 nitrogen and oxygen atoms in total. The molecule has 0 radical (unpaired) electrons. The lowest BCUT2D eigenvalue weighted by atomic mass is 10.1. The van der Waals surface area contributed by atoms with Crippen LogP contribution >= 0.6 is 0 Å². The first-order valence-corrected chi connectivity index (χ1v) is 9.55. The Morgan fingerprint density at radius 2 is 1.95 bits per heavy atom. The van der Waals surface area contributed by atoms with Gasteiger partial charge in [0.15, 0.2) is 9.84 Å². The number of nitrogens with zero attached hydrogens (tertiary/aromatic N) is 1. The Labute approximate surface area is 127 Å². The van der Waals surface area contributed by atoms with Crippen LogP contribution in [0, 0.1) is 0 Å². The maximum absolute atomic E-state index is 11.9. The van der Waals surface area contributed by atoms with Crippen LogP contribution < -0.4 is 5.32 Å². The molecule has 1 N–H and O–H groups in total. The van der Waals surface area contributed by atoms with Gasteiger partial charge < -0.3 is 10.1 Å². The van der Waals surface area contributed by atoms with Crippen LogP contribution in [0.5, 0.6) is 0 Å². The molecule has 0 aromatic rings. The van der Waals surface area contributed by atoms with Crippen molar-refractivity contribution in [3.8, 4) is 0 Å². The summed E-state index contributed by atoms with van der Waals surface area (Å²) in [6, 6.07) is -0.341. The number of carbonyl (C=O) groups excluding carboxylic acids is 1. The molecule has 0 bridgehead atoms. The fourth-order valence-corrected chi connectivity index (χ4v) is 5.02. The Morgan fingerprint density at radius 3 is 2.57 bits per heavy atom. The van der Waals surface area contributed by atoms with Gasteiger partial charge in [-0.15, -0.1) is 0 Å². The molecule has 0 unspecified atom stereocenters. The lowest BCUT2D eigenvalue weighted by Crippen LogP contribution is -2.50. The molecule has 2 heterocycles. The summed E-state index contributed by atoms with van der Waals surface area (Å²) in [6.45, 7) is 6.08. The highest BCUT2D eigenvalue weighted by atomic mass is 32.2.